The van der Waals surface area contributed by atoms with E-state index in [-0.39, 0.29) is 12.0 Å². The quantitative estimate of drug-likeness (QED) is 0.771. The molecule has 5 nitrogen and oxygen atoms in total. The molecular formula is C18H21ClN2O3S. The topological polar surface area (TPSA) is 60.5 Å². The summed E-state index contributed by atoms with van der Waals surface area (Å²) in [6, 6.07) is 5.24. The number of thiazole rings is 1. The summed E-state index contributed by atoms with van der Waals surface area (Å²) in [4.78, 5) is 17.3. The van der Waals surface area contributed by atoms with Gasteiger partial charge in [-0.25, -0.2) is 4.98 Å². The molecule has 1 aromatic carbocycles. The van der Waals surface area contributed by atoms with Gasteiger partial charge in [0.15, 0.2) is 0 Å². The summed E-state index contributed by atoms with van der Waals surface area (Å²) in [7, 11) is 0. The van der Waals surface area contributed by atoms with Crippen LogP contribution in [0.1, 0.15) is 47.5 Å². The van der Waals surface area contributed by atoms with Crippen molar-refractivity contribution in [2.45, 2.75) is 32.8 Å². The highest BCUT2D eigenvalue weighted by Gasteiger charge is 2.22. The van der Waals surface area contributed by atoms with E-state index in [1.165, 1.54) is 11.3 Å². The van der Waals surface area contributed by atoms with Crippen molar-refractivity contribution in [1.29, 1.82) is 0 Å². The Morgan fingerprint density at radius 2 is 2.36 bits per heavy atom. The largest absolute Gasteiger partial charge is 0.492 e. The van der Waals surface area contributed by atoms with Gasteiger partial charge in [0.2, 0.25) is 0 Å². The monoisotopic (exact) mass is 380 g/mol. The number of hydrogen-bond acceptors (Lipinski definition) is 5. The van der Waals surface area contributed by atoms with E-state index in [0.717, 1.165) is 24.5 Å². The zero-order chi connectivity index (χ0) is 17.8. The zero-order valence-corrected chi connectivity index (χ0v) is 15.8. The number of rotatable bonds is 6. The van der Waals surface area contributed by atoms with Crippen molar-refractivity contribution in [2.75, 3.05) is 18.5 Å². The van der Waals surface area contributed by atoms with E-state index < -0.39 is 0 Å². The number of anilines is 1. The Morgan fingerprint density at radius 3 is 3.04 bits per heavy atom. The smallest absolute Gasteiger partial charge is 0.267 e. The van der Waals surface area contributed by atoms with Gasteiger partial charge in [-0.1, -0.05) is 25.4 Å². The number of ether oxygens (including phenoxy) is 2. The Kier molecular flexibility index (Phi) is 5.93. The highest BCUT2D eigenvalue weighted by Crippen LogP contribution is 2.32. The van der Waals surface area contributed by atoms with Crippen molar-refractivity contribution >= 4 is 34.5 Å². The van der Waals surface area contributed by atoms with E-state index >= 15 is 0 Å². The lowest BCUT2D eigenvalue weighted by molar-refractivity contribution is 0.103. The van der Waals surface area contributed by atoms with Gasteiger partial charge in [-0.3, -0.25) is 4.79 Å². The Bertz CT molecular complexity index is 742. The average Bonchev–Trinajstić information content (AvgIpc) is 3.25. The lowest BCUT2D eigenvalue weighted by Gasteiger charge is -2.11. The van der Waals surface area contributed by atoms with Crippen LogP contribution in [0.3, 0.4) is 0 Å². The number of carbonyl (C=O) groups is 1. The van der Waals surface area contributed by atoms with Crippen LogP contribution in [0.2, 0.25) is 5.02 Å². The van der Waals surface area contributed by atoms with Gasteiger partial charge in [-0.15, -0.1) is 11.3 Å². The molecule has 2 aromatic rings. The molecule has 0 aliphatic carbocycles. The second-order valence-electron chi connectivity index (χ2n) is 6.37. The highest BCUT2D eigenvalue weighted by molar-refractivity contribution is 7.13. The van der Waals surface area contributed by atoms with Crippen molar-refractivity contribution in [2.24, 2.45) is 5.92 Å². The van der Waals surface area contributed by atoms with Crippen LogP contribution in [0.15, 0.2) is 24.4 Å². The van der Waals surface area contributed by atoms with Crippen molar-refractivity contribution in [3.63, 3.8) is 0 Å². The summed E-state index contributed by atoms with van der Waals surface area (Å²) < 4.78 is 11.2. The van der Waals surface area contributed by atoms with Crippen LogP contribution in [0, 0.1) is 5.92 Å². The van der Waals surface area contributed by atoms with Crippen molar-refractivity contribution in [3.05, 3.63) is 39.3 Å². The molecule has 134 valence electrons. The number of nitrogens with zero attached hydrogens (tertiary/aromatic N) is 1. The molecule has 25 heavy (non-hydrogen) atoms. The molecule has 2 heterocycles. The molecule has 7 heteroatoms. The van der Waals surface area contributed by atoms with E-state index in [2.05, 4.69) is 24.1 Å². The van der Waals surface area contributed by atoms with E-state index in [9.17, 15) is 4.79 Å². The number of aromatic nitrogens is 1. The molecule has 0 spiro atoms. The third-order valence-electron chi connectivity index (χ3n) is 3.71. The first-order chi connectivity index (χ1) is 12.0. The molecule has 1 saturated heterocycles. The molecule has 1 amide bonds. The molecule has 3 rings (SSSR count). The SMILES string of the molecule is CC(C)COc1ccc(NC(=O)c2cnc(C3CCCO3)s2)cc1Cl. The molecule has 1 N–H and O–H groups in total. The van der Waals surface area contributed by atoms with Gasteiger partial charge >= 0.3 is 0 Å². The normalized spacial score (nSPS) is 17.0. The number of hydrogen-bond donors (Lipinski definition) is 1. The molecule has 0 saturated carbocycles. The molecular weight excluding hydrogens is 360 g/mol. The fourth-order valence-corrected chi connectivity index (χ4v) is 3.59. The minimum absolute atomic E-state index is 0.0263. The lowest BCUT2D eigenvalue weighted by Crippen LogP contribution is -2.10. The van der Waals surface area contributed by atoms with Crippen molar-refractivity contribution in [3.8, 4) is 5.75 Å². The number of halogens is 1. The summed E-state index contributed by atoms with van der Waals surface area (Å²) in [5.74, 6) is 0.834. The lowest BCUT2D eigenvalue weighted by atomic mass is 10.2. The number of amides is 1. The Labute approximate surface area is 156 Å². The van der Waals surface area contributed by atoms with Crippen LogP contribution in [0.4, 0.5) is 5.69 Å². The summed E-state index contributed by atoms with van der Waals surface area (Å²) >= 11 is 7.60. The van der Waals surface area contributed by atoms with Gasteiger partial charge in [0, 0.05) is 12.3 Å². The number of benzene rings is 1. The van der Waals surface area contributed by atoms with Gasteiger partial charge in [0.25, 0.3) is 5.91 Å². The Balaban J connectivity index is 1.63. The molecule has 0 bridgehead atoms. The number of nitrogens with one attached hydrogen (secondary N) is 1. The zero-order valence-electron chi connectivity index (χ0n) is 14.3. The van der Waals surface area contributed by atoms with Crippen LogP contribution < -0.4 is 10.1 Å². The fraction of sp³-hybridized carbons (Fsp3) is 0.444. The number of carbonyl (C=O) groups excluding carboxylic acids is 1. The highest BCUT2D eigenvalue weighted by atomic mass is 35.5. The van der Waals surface area contributed by atoms with E-state index in [1.54, 1.807) is 24.4 Å². The van der Waals surface area contributed by atoms with Crippen LogP contribution in [-0.2, 0) is 4.74 Å². The molecule has 1 atom stereocenters. The predicted molar refractivity (Wildman–Crippen MR) is 99.8 cm³/mol. The third kappa shape index (κ3) is 4.71. The van der Waals surface area contributed by atoms with Crippen LogP contribution >= 0.6 is 22.9 Å². The fourth-order valence-electron chi connectivity index (χ4n) is 2.46. The molecule has 1 aliphatic heterocycles. The Morgan fingerprint density at radius 1 is 1.52 bits per heavy atom. The van der Waals surface area contributed by atoms with E-state index in [1.807, 2.05) is 0 Å². The summed E-state index contributed by atoms with van der Waals surface area (Å²) in [5, 5.41) is 4.18. The maximum absolute atomic E-state index is 12.4. The molecule has 1 unspecified atom stereocenters. The van der Waals surface area contributed by atoms with E-state index in [4.69, 9.17) is 21.1 Å². The van der Waals surface area contributed by atoms with Gasteiger partial charge in [0.05, 0.1) is 17.8 Å². The molecule has 1 fully saturated rings. The van der Waals surface area contributed by atoms with Crippen molar-refractivity contribution < 1.29 is 14.3 Å². The summed E-state index contributed by atoms with van der Waals surface area (Å²) in [5.41, 5.74) is 0.624. The van der Waals surface area contributed by atoms with Gasteiger partial charge in [-0.05, 0) is 37.0 Å². The molecule has 1 aromatic heterocycles. The van der Waals surface area contributed by atoms with E-state index in [0.29, 0.717) is 33.9 Å². The first-order valence-electron chi connectivity index (χ1n) is 8.34. The van der Waals surface area contributed by atoms with Gasteiger partial charge in [0.1, 0.15) is 21.7 Å². The maximum atomic E-state index is 12.4. The van der Waals surface area contributed by atoms with Crippen LogP contribution in [-0.4, -0.2) is 24.1 Å². The predicted octanol–water partition coefficient (Wildman–Crippen LogP) is 4.94. The molecule has 0 radical (unpaired) electrons. The van der Waals surface area contributed by atoms with Gasteiger partial charge < -0.3 is 14.8 Å². The second-order valence-corrected chi connectivity index (χ2v) is 7.84. The van der Waals surface area contributed by atoms with Crippen LogP contribution in [0.25, 0.3) is 0 Å². The van der Waals surface area contributed by atoms with Crippen LogP contribution in [0.5, 0.6) is 5.75 Å². The first kappa shape index (κ1) is 18.2. The second kappa shape index (κ2) is 8.17. The first-order valence-corrected chi connectivity index (χ1v) is 9.53. The van der Waals surface area contributed by atoms with Crippen molar-refractivity contribution in [1.82, 2.24) is 4.98 Å². The maximum Gasteiger partial charge on any atom is 0.267 e. The standard InChI is InChI=1S/C18H21ClN2O3S/c1-11(2)10-24-14-6-5-12(8-13(14)19)21-17(22)16-9-20-18(25-16)15-4-3-7-23-15/h5-6,8-9,11,15H,3-4,7,10H2,1-2H3,(H,21,22). The summed E-state index contributed by atoms with van der Waals surface area (Å²) in [6.45, 7) is 5.50. The third-order valence-corrected chi connectivity index (χ3v) is 5.10. The minimum atomic E-state index is -0.200. The molecule has 1 aliphatic rings. The summed E-state index contributed by atoms with van der Waals surface area (Å²) in [6.07, 6.45) is 3.62. The minimum Gasteiger partial charge on any atom is -0.492 e. The van der Waals surface area contributed by atoms with Gasteiger partial charge in [-0.2, -0.15) is 0 Å². The average molecular weight is 381 g/mol. The Hall–Kier alpha value is -1.63.